The van der Waals surface area contributed by atoms with Gasteiger partial charge in [0, 0.05) is 0 Å². The van der Waals surface area contributed by atoms with E-state index in [0.29, 0.717) is 0 Å². The highest BCUT2D eigenvalue weighted by atomic mass is 32.2. The highest BCUT2D eigenvalue weighted by Gasteiger charge is 2.19. The van der Waals surface area contributed by atoms with E-state index < -0.39 is 11.4 Å². The molecule has 0 spiro atoms. The first kappa shape index (κ1) is 11.0. The maximum Gasteiger partial charge on any atom is 0.299 e. The molecule has 1 aliphatic rings. The van der Waals surface area contributed by atoms with Crippen LogP contribution in [-0.2, 0) is 11.4 Å². The monoisotopic (exact) mass is 234 g/mol. The van der Waals surface area contributed by atoms with Gasteiger partial charge in [-0.3, -0.25) is 9.11 Å². The molecule has 16 heavy (non-hydrogen) atoms. The van der Waals surface area contributed by atoms with E-state index in [9.17, 15) is 0 Å². The van der Waals surface area contributed by atoms with Crippen LogP contribution in [0.3, 0.4) is 0 Å². The van der Waals surface area contributed by atoms with E-state index in [4.69, 9.17) is 13.3 Å². The second kappa shape index (κ2) is 4.57. The molecule has 3 rings (SSSR count). The zero-order chi connectivity index (χ0) is 11.5. The van der Waals surface area contributed by atoms with E-state index in [1.165, 1.54) is 22.3 Å². The van der Waals surface area contributed by atoms with Crippen molar-refractivity contribution >= 4 is 11.4 Å². The van der Waals surface area contributed by atoms with Gasteiger partial charge >= 0.3 is 0 Å². The quantitative estimate of drug-likeness (QED) is 0.588. The van der Waals surface area contributed by atoms with E-state index in [0.717, 1.165) is 0 Å². The van der Waals surface area contributed by atoms with Crippen LogP contribution in [0.25, 0.3) is 22.3 Å². The van der Waals surface area contributed by atoms with Crippen molar-refractivity contribution < 1.29 is 13.3 Å². The summed E-state index contributed by atoms with van der Waals surface area (Å²) in [5, 5.41) is 0. The smallest absolute Gasteiger partial charge is 0.284 e. The summed E-state index contributed by atoms with van der Waals surface area (Å²) in [6.45, 7) is 0. The fraction of sp³-hybridized carbons (Fsp3) is 0. The molecular weight excluding hydrogens is 224 g/mol. The van der Waals surface area contributed by atoms with Crippen molar-refractivity contribution in [1.29, 1.82) is 0 Å². The predicted molar refractivity (Wildman–Crippen MR) is 64.3 cm³/mol. The van der Waals surface area contributed by atoms with Gasteiger partial charge in [0.25, 0.3) is 11.4 Å². The lowest BCUT2D eigenvalue weighted by Crippen LogP contribution is -1.96. The average Bonchev–Trinajstić information content (AvgIpc) is 2.25. The molecule has 0 amide bonds. The summed E-state index contributed by atoms with van der Waals surface area (Å²) in [5.74, 6) is 0. The normalized spacial score (nSPS) is 10.7. The number of hydrogen-bond acceptors (Lipinski definition) is 1. The molecule has 0 saturated heterocycles. The van der Waals surface area contributed by atoms with Crippen LogP contribution in [0, 0.1) is 0 Å². The number of fused-ring (bicyclic) bond motifs is 4. The highest BCUT2D eigenvalue weighted by Crippen LogP contribution is 2.46. The molecule has 0 atom stereocenters. The van der Waals surface area contributed by atoms with Gasteiger partial charge in [-0.2, -0.15) is 4.21 Å². The van der Waals surface area contributed by atoms with Gasteiger partial charge in [0.2, 0.25) is 0 Å². The van der Waals surface area contributed by atoms with Crippen molar-refractivity contribution in [3.8, 4) is 22.3 Å². The molecule has 4 heteroatoms. The molecule has 0 radical (unpaired) electrons. The minimum Gasteiger partial charge on any atom is -0.284 e. The van der Waals surface area contributed by atoms with Crippen molar-refractivity contribution in [2.75, 3.05) is 0 Å². The third-order valence-electron chi connectivity index (χ3n) is 2.43. The van der Waals surface area contributed by atoms with Crippen LogP contribution in [0.2, 0.25) is 0 Å². The summed E-state index contributed by atoms with van der Waals surface area (Å²) in [5.41, 5.74) is 5.59. The van der Waals surface area contributed by atoms with Crippen LogP contribution in [0.5, 0.6) is 0 Å². The molecule has 0 aromatic heterocycles. The molecule has 3 nitrogen and oxygen atoms in total. The van der Waals surface area contributed by atoms with E-state index in [1.54, 1.807) is 0 Å². The Labute approximate surface area is 95.9 Å². The first-order valence-corrected chi connectivity index (χ1v) is 5.75. The third-order valence-corrected chi connectivity index (χ3v) is 2.43. The van der Waals surface area contributed by atoms with Crippen molar-refractivity contribution in [3.05, 3.63) is 48.5 Å². The van der Waals surface area contributed by atoms with Gasteiger partial charge in [-0.15, -0.1) is 0 Å². The minimum atomic E-state index is -2.61. The zero-order valence-electron chi connectivity index (χ0n) is 8.33. The molecule has 0 bridgehead atoms. The summed E-state index contributed by atoms with van der Waals surface area (Å²) in [7, 11) is 0. The Balaban J connectivity index is 0.000000212. The molecule has 2 aromatic rings. The van der Waals surface area contributed by atoms with Crippen LogP contribution in [0.15, 0.2) is 48.5 Å². The van der Waals surface area contributed by atoms with Crippen LogP contribution in [0.1, 0.15) is 0 Å². The fourth-order valence-corrected chi connectivity index (χ4v) is 1.84. The number of benzene rings is 2. The molecule has 2 N–H and O–H groups in total. The van der Waals surface area contributed by atoms with Gasteiger partial charge in [-0.1, -0.05) is 48.5 Å². The van der Waals surface area contributed by atoms with Crippen molar-refractivity contribution in [2.24, 2.45) is 0 Å². The Morgan fingerprint density at radius 3 is 1.06 bits per heavy atom. The van der Waals surface area contributed by atoms with Gasteiger partial charge in [0.05, 0.1) is 0 Å². The SMILES string of the molecule is O=S(O)O.c1ccc2c(c1)-c1ccccc1-2. The Hall–Kier alpha value is -1.49. The molecule has 1 aliphatic carbocycles. The van der Waals surface area contributed by atoms with E-state index in [-0.39, 0.29) is 0 Å². The fourth-order valence-electron chi connectivity index (χ4n) is 1.84. The maximum atomic E-state index is 8.67. The van der Waals surface area contributed by atoms with Crippen LogP contribution in [0.4, 0.5) is 0 Å². The summed E-state index contributed by atoms with van der Waals surface area (Å²) in [6, 6.07) is 17.1. The molecule has 2 aromatic carbocycles. The largest absolute Gasteiger partial charge is 0.299 e. The van der Waals surface area contributed by atoms with Crippen molar-refractivity contribution in [1.82, 2.24) is 0 Å². The van der Waals surface area contributed by atoms with Gasteiger partial charge in [0.1, 0.15) is 0 Å². The highest BCUT2D eigenvalue weighted by molar-refractivity contribution is 7.73. The Morgan fingerprint density at radius 1 is 0.688 bits per heavy atom. The molecule has 0 unspecified atom stereocenters. The zero-order valence-corrected chi connectivity index (χ0v) is 9.15. The Bertz CT molecular complexity index is 433. The molecular formula is C12H10O3S. The van der Waals surface area contributed by atoms with Crippen molar-refractivity contribution in [2.45, 2.75) is 0 Å². The standard InChI is InChI=1S/C12H8.H2O3S/c1-2-6-10-9(5-1)11-7-3-4-8-12(10)11;1-4(2)3/h1-8H;(H2,1,2,3). The van der Waals surface area contributed by atoms with E-state index >= 15 is 0 Å². The van der Waals surface area contributed by atoms with Gasteiger partial charge in [-0.25, -0.2) is 0 Å². The Kier molecular flexibility index (Phi) is 3.14. The first-order chi connectivity index (χ1) is 7.70. The third kappa shape index (κ3) is 2.04. The second-order valence-electron chi connectivity index (χ2n) is 3.32. The van der Waals surface area contributed by atoms with Crippen molar-refractivity contribution in [3.63, 3.8) is 0 Å². The maximum absolute atomic E-state index is 8.67. The minimum absolute atomic E-state index is 1.40. The number of rotatable bonds is 0. The molecule has 0 heterocycles. The first-order valence-electron chi connectivity index (χ1n) is 4.69. The summed E-state index contributed by atoms with van der Waals surface area (Å²) >= 11 is -2.61. The van der Waals surface area contributed by atoms with E-state index in [1.807, 2.05) is 0 Å². The van der Waals surface area contributed by atoms with Gasteiger partial charge in [0.15, 0.2) is 0 Å². The van der Waals surface area contributed by atoms with Crippen LogP contribution >= 0.6 is 0 Å². The number of hydrogen-bond donors (Lipinski definition) is 2. The molecule has 0 aliphatic heterocycles. The molecule has 0 fully saturated rings. The lowest BCUT2D eigenvalue weighted by molar-refractivity contribution is 0.454. The predicted octanol–water partition coefficient (Wildman–Crippen LogP) is 3.02. The average molecular weight is 234 g/mol. The molecule has 0 saturated carbocycles. The van der Waals surface area contributed by atoms with Gasteiger partial charge in [-0.05, 0) is 22.3 Å². The topological polar surface area (TPSA) is 57.5 Å². The lowest BCUT2D eigenvalue weighted by Gasteiger charge is -2.22. The lowest BCUT2D eigenvalue weighted by atomic mass is 9.81. The summed E-state index contributed by atoms with van der Waals surface area (Å²) in [4.78, 5) is 0. The Morgan fingerprint density at radius 2 is 0.875 bits per heavy atom. The molecule has 82 valence electrons. The van der Waals surface area contributed by atoms with Gasteiger partial charge < -0.3 is 0 Å². The van der Waals surface area contributed by atoms with E-state index in [2.05, 4.69) is 48.5 Å². The van der Waals surface area contributed by atoms with Crippen LogP contribution in [-0.4, -0.2) is 13.3 Å². The summed E-state index contributed by atoms with van der Waals surface area (Å²) in [6.07, 6.45) is 0. The second-order valence-corrected chi connectivity index (χ2v) is 3.78. The summed E-state index contributed by atoms with van der Waals surface area (Å²) < 4.78 is 22.8. The van der Waals surface area contributed by atoms with Crippen LogP contribution < -0.4 is 0 Å².